The number of amides is 1. The highest BCUT2D eigenvalue weighted by Gasteiger charge is 2.49. The van der Waals surface area contributed by atoms with Gasteiger partial charge in [0.15, 0.2) is 0 Å². The van der Waals surface area contributed by atoms with Crippen molar-refractivity contribution in [2.75, 3.05) is 13.1 Å². The third-order valence-corrected chi connectivity index (χ3v) is 4.43. The van der Waals surface area contributed by atoms with Crippen LogP contribution in [-0.4, -0.2) is 29.9 Å². The van der Waals surface area contributed by atoms with Gasteiger partial charge < -0.3 is 14.8 Å². The molecule has 2 fully saturated rings. The summed E-state index contributed by atoms with van der Waals surface area (Å²) < 4.78 is 0. The molecule has 4 atom stereocenters. The highest BCUT2D eigenvalue weighted by atomic mass is 16.4. The Morgan fingerprint density at radius 3 is 2.24 bits per heavy atom. The first kappa shape index (κ1) is 10.8. The highest BCUT2D eigenvalue weighted by molar-refractivity contribution is 5.86. The average molecular weight is 234 g/mol. The number of allylic oxidation sites excluding steroid dienone is 2. The number of likely N-dealkylation sites (tertiary alicyclic amines) is 1. The number of carbonyl (C=O) groups excluding carboxylic acids is 2. The van der Waals surface area contributed by atoms with E-state index in [9.17, 15) is 14.7 Å². The zero-order chi connectivity index (χ0) is 12.0. The Balaban J connectivity index is 1.83. The second-order valence-electron chi connectivity index (χ2n) is 5.35. The number of fused-ring (bicyclic) bond motifs is 2. The van der Waals surface area contributed by atoms with Crippen molar-refractivity contribution in [2.45, 2.75) is 19.3 Å². The second kappa shape index (κ2) is 3.86. The molecular formula is C13H16NO3-. The first-order valence-corrected chi connectivity index (χ1v) is 6.36. The van der Waals surface area contributed by atoms with Crippen molar-refractivity contribution in [1.82, 2.24) is 4.90 Å². The molecule has 1 saturated heterocycles. The van der Waals surface area contributed by atoms with Gasteiger partial charge in [0, 0.05) is 25.0 Å². The summed E-state index contributed by atoms with van der Waals surface area (Å²) in [5.74, 6) is -1.85. The molecule has 0 aromatic carbocycles. The molecule has 2 bridgehead atoms. The van der Waals surface area contributed by atoms with Crippen LogP contribution in [0.25, 0.3) is 0 Å². The summed E-state index contributed by atoms with van der Waals surface area (Å²) in [6.07, 6.45) is 6.85. The lowest BCUT2D eigenvalue weighted by Gasteiger charge is -2.31. The summed E-state index contributed by atoms with van der Waals surface area (Å²) in [4.78, 5) is 25.4. The minimum Gasteiger partial charge on any atom is -0.550 e. The third kappa shape index (κ3) is 1.58. The molecule has 0 aromatic heterocycles. The molecule has 1 heterocycles. The average Bonchev–Trinajstić information content (AvgIpc) is 3.02. The summed E-state index contributed by atoms with van der Waals surface area (Å²) in [6.45, 7) is 1.58. The molecule has 2 aliphatic carbocycles. The molecule has 1 amide bonds. The van der Waals surface area contributed by atoms with Crippen LogP contribution in [0.2, 0.25) is 0 Å². The van der Waals surface area contributed by atoms with E-state index in [0.717, 1.165) is 32.4 Å². The van der Waals surface area contributed by atoms with E-state index in [0.29, 0.717) is 0 Å². The molecule has 0 unspecified atom stereocenters. The fourth-order valence-corrected chi connectivity index (χ4v) is 3.63. The smallest absolute Gasteiger partial charge is 0.226 e. The van der Waals surface area contributed by atoms with Crippen molar-refractivity contribution in [1.29, 1.82) is 0 Å². The Labute approximate surface area is 100 Å². The van der Waals surface area contributed by atoms with Crippen LogP contribution in [0.3, 0.4) is 0 Å². The number of carboxylic acid groups (broad SMARTS) is 1. The van der Waals surface area contributed by atoms with Crippen LogP contribution in [0.15, 0.2) is 12.2 Å². The zero-order valence-electron chi connectivity index (χ0n) is 9.67. The van der Waals surface area contributed by atoms with Crippen molar-refractivity contribution in [3.63, 3.8) is 0 Å². The van der Waals surface area contributed by atoms with E-state index in [1.54, 1.807) is 0 Å². The van der Waals surface area contributed by atoms with Gasteiger partial charge in [0.2, 0.25) is 5.91 Å². The van der Waals surface area contributed by atoms with Gasteiger partial charge >= 0.3 is 0 Å². The number of hydrogen-bond acceptors (Lipinski definition) is 3. The van der Waals surface area contributed by atoms with Crippen molar-refractivity contribution < 1.29 is 14.7 Å². The van der Waals surface area contributed by atoms with Gasteiger partial charge in [-0.1, -0.05) is 12.2 Å². The molecule has 0 spiro atoms. The SMILES string of the molecule is O=C([O-])[C@@H]1[C@H](C(=O)N2CCCC2)[C@@H]2C=C[C@@H]1C2. The molecule has 3 rings (SSSR count). The summed E-state index contributed by atoms with van der Waals surface area (Å²) in [5, 5.41) is 11.2. The number of rotatable bonds is 2. The fraction of sp³-hybridized carbons (Fsp3) is 0.692. The molecule has 92 valence electrons. The molecule has 0 radical (unpaired) electrons. The number of nitrogens with zero attached hydrogens (tertiary/aromatic N) is 1. The predicted octanol–water partition coefficient (Wildman–Crippen LogP) is -0.203. The first-order valence-electron chi connectivity index (χ1n) is 6.36. The largest absolute Gasteiger partial charge is 0.550 e. The van der Waals surface area contributed by atoms with Crippen LogP contribution in [0.5, 0.6) is 0 Å². The topological polar surface area (TPSA) is 60.4 Å². The van der Waals surface area contributed by atoms with E-state index in [1.165, 1.54) is 0 Å². The van der Waals surface area contributed by atoms with Crippen LogP contribution >= 0.6 is 0 Å². The Hall–Kier alpha value is -1.32. The first-order chi connectivity index (χ1) is 8.18. The standard InChI is InChI=1S/C13H17NO3/c15-12(14-5-1-2-6-14)10-8-3-4-9(7-8)11(10)13(16)17/h3-4,8-11H,1-2,5-7H2,(H,16,17)/p-1/t8-,9-,10-,11+/m1/s1. The van der Waals surface area contributed by atoms with Gasteiger partial charge in [-0.2, -0.15) is 0 Å². The number of hydrogen-bond donors (Lipinski definition) is 0. The monoisotopic (exact) mass is 234 g/mol. The lowest BCUT2D eigenvalue weighted by atomic mass is 9.82. The Morgan fingerprint density at radius 2 is 1.65 bits per heavy atom. The molecule has 17 heavy (non-hydrogen) atoms. The molecule has 4 nitrogen and oxygen atoms in total. The van der Waals surface area contributed by atoms with Crippen LogP contribution in [0, 0.1) is 23.7 Å². The number of carboxylic acids is 1. The van der Waals surface area contributed by atoms with Gasteiger partial charge in [0.1, 0.15) is 0 Å². The van der Waals surface area contributed by atoms with Gasteiger partial charge in [0.25, 0.3) is 0 Å². The molecule has 1 saturated carbocycles. The maximum Gasteiger partial charge on any atom is 0.226 e. The van der Waals surface area contributed by atoms with Gasteiger partial charge in [-0.15, -0.1) is 0 Å². The summed E-state index contributed by atoms with van der Waals surface area (Å²) in [6, 6.07) is 0. The van der Waals surface area contributed by atoms with Crippen molar-refractivity contribution >= 4 is 11.9 Å². The highest BCUT2D eigenvalue weighted by Crippen LogP contribution is 2.48. The van der Waals surface area contributed by atoms with E-state index in [4.69, 9.17) is 0 Å². The maximum atomic E-state index is 12.4. The van der Waals surface area contributed by atoms with E-state index >= 15 is 0 Å². The Kier molecular flexibility index (Phi) is 2.45. The van der Waals surface area contributed by atoms with Gasteiger partial charge in [-0.05, 0) is 31.1 Å². The second-order valence-corrected chi connectivity index (χ2v) is 5.35. The van der Waals surface area contributed by atoms with Crippen molar-refractivity contribution in [3.05, 3.63) is 12.2 Å². The minimum atomic E-state index is -1.06. The lowest BCUT2D eigenvalue weighted by Crippen LogP contribution is -2.45. The Morgan fingerprint density at radius 1 is 1.06 bits per heavy atom. The van der Waals surface area contributed by atoms with E-state index < -0.39 is 11.9 Å². The quantitative estimate of drug-likeness (QED) is 0.621. The predicted molar refractivity (Wildman–Crippen MR) is 58.5 cm³/mol. The van der Waals surface area contributed by atoms with Crippen LogP contribution in [0.1, 0.15) is 19.3 Å². The van der Waals surface area contributed by atoms with E-state index in [1.807, 2.05) is 17.1 Å². The molecular weight excluding hydrogens is 218 g/mol. The summed E-state index contributed by atoms with van der Waals surface area (Å²) >= 11 is 0. The normalized spacial score (nSPS) is 38.9. The van der Waals surface area contributed by atoms with Crippen molar-refractivity contribution in [3.8, 4) is 0 Å². The molecule has 1 aliphatic heterocycles. The van der Waals surface area contributed by atoms with Crippen LogP contribution in [-0.2, 0) is 9.59 Å². The van der Waals surface area contributed by atoms with E-state index in [2.05, 4.69) is 0 Å². The third-order valence-electron chi connectivity index (χ3n) is 4.43. The van der Waals surface area contributed by atoms with Crippen LogP contribution < -0.4 is 5.11 Å². The number of aliphatic carboxylic acids is 1. The van der Waals surface area contributed by atoms with Gasteiger partial charge in [-0.25, -0.2) is 0 Å². The minimum absolute atomic E-state index is 0.0153. The lowest BCUT2D eigenvalue weighted by molar-refractivity contribution is -0.313. The van der Waals surface area contributed by atoms with Crippen LogP contribution in [0.4, 0.5) is 0 Å². The van der Waals surface area contributed by atoms with Gasteiger partial charge in [-0.3, -0.25) is 4.79 Å². The summed E-state index contributed by atoms with van der Waals surface area (Å²) in [5.41, 5.74) is 0. The molecule has 0 N–H and O–H groups in total. The molecule has 3 aliphatic rings. The van der Waals surface area contributed by atoms with E-state index in [-0.39, 0.29) is 23.7 Å². The number of carbonyl (C=O) groups is 2. The van der Waals surface area contributed by atoms with Crippen molar-refractivity contribution in [2.24, 2.45) is 23.7 Å². The molecule has 4 heteroatoms. The maximum absolute atomic E-state index is 12.4. The van der Waals surface area contributed by atoms with Gasteiger partial charge in [0.05, 0.1) is 5.92 Å². The fourth-order valence-electron chi connectivity index (χ4n) is 3.63. The zero-order valence-corrected chi connectivity index (χ0v) is 9.67. The Bertz CT molecular complexity index is 384. The summed E-state index contributed by atoms with van der Waals surface area (Å²) in [7, 11) is 0. The molecule has 0 aromatic rings.